The maximum atomic E-state index is 12.0. The molecule has 0 amide bonds. The van der Waals surface area contributed by atoms with Crippen LogP contribution in [0.2, 0.25) is 0 Å². The molecule has 0 saturated carbocycles. The lowest BCUT2D eigenvalue weighted by atomic mass is 10.3. The number of hydrogen-bond donors (Lipinski definition) is 2. The molecule has 0 spiro atoms. The number of aliphatic hydroxyl groups is 1. The molecule has 1 aliphatic rings. The smallest absolute Gasteiger partial charge is 0.236 e. The van der Waals surface area contributed by atoms with Gasteiger partial charge in [-0.1, -0.05) is 12.0 Å². The summed E-state index contributed by atoms with van der Waals surface area (Å²) in [6.45, 7) is 0.349. The molecule has 1 saturated heterocycles. The highest BCUT2D eigenvalue weighted by atomic mass is 32.2. The second kappa shape index (κ2) is 6.70. The van der Waals surface area contributed by atoms with Crippen LogP contribution in [0.3, 0.4) is 0 Å². The van der Waals surface area contributed by atoms with Crippen LogP contribution in [-0.4, -0.2) is 43.6 Å². The largest absolute Gasteiger partial charge is 0.384 e. The minimum Gasteiger partial charge on any atom is -0.384 e. The van der Waals surface area contributed by atoms with Gasteiger partial charge in [-0.25, -0.2) is 13.4 Å². The second-order valence-electron chi connectivity index (χ2n) is 4.39. The summed E-state index contributed by atoms with van der Waals surface area (Å²) >= 11 is 0. The Hall–Kier alpha value is -1.62. The molecule has 2 rings (SSSR count). The summed E-state index contributed by atoms with van der Waals surface area (Å²) in [4.78, 5) is 4.05. The van der Waals surface area contributed by atoms with E-state index in [-0.39, 0.29) is 24.3 Å². The summed E-state index contributed by atoms with van der Waals surface area (Å²) in [7, 11) is -3.49. The van der Waals surface area contributed by atoms with Crippen molar-refractivity contribution in [1.82, 2.24) is 4.98 Å². The first-order chi connectivity index (χ1) is 9.59. The van der Waals surface area contributed by atoms with Crippen LogP contribution in [0.25, 0.3) is 0 Å². The number of aromatic nitrogens is 1. The van der Waals surface area contributed by atoms with Crippen LogP contribution in [0, 0.1) is 11.8 Å². The van der Waals surface area contributed by atoms with Crippen molar-refractivity contribution in [2.45, 2.75) is 18.9 Å². The van der Waals surface area contributed by atoms with Crippen molar-refractivity contribution >= 4 is 15.8 Å². The SMILES string of the molecule is O=S(=O)(CC1CCCO1)Nc1cccc(C#CCO)n1. The number of pyridine rings is 1. The fraction of sp³-hybridized carbons (Fsp3) is 0.462. The Kier molecular flexibility index (Phi) is 4.95. The van der Waals surface area contributed by atoms with E-state index in [0.29, 0.717) is 12.3 Å². The van der Waals surface area contributed by atoms with Crippen molar-refractivity contribution in [3.63, 3.8) is 0 Å². The van der Waals surface area contributed by atoms with Crippen LogP contribution in [-0.2, 0) is 14.8 Å². The van der Waals surface area contributed by atoms with Gasteiger partial charge in [0.15, 0.2) is 0 Å². The van der Waals surface area contributed by atoms with Crippen LogP contribution in [0.1, 0.15) is 18.5 Å². The number of nitrogens with one attached hydrogen (secondary N) is 1. The monoisotopic (exact) mass is 296 g/mol. The maximum Gasteiger partial charge on any atom is 0.236 e. The first-order valence-corrected chi connectivity index (χ1v) is 7.93. The average Bonchev–Trinajstić information content (AvgIpc) is 2.88. The molecule has 1 unspecified atom stereocenters. The van der Waals surface area contributed by atoms with Crippen LogP contribution in [0.15, 0.2) is 18.2 Å². The summed E-state index contributed by atoms with van der Waals surface area (Å²) in [5.74, 6) is 5.23. The fourth-order valence-electron chi connectivity index (χ4n) is 1.91. The highest BCUT2D eigenvalue weighted by Crippen LogP contribution is 2.15. The molecule has 2 N–H and O–H groups in total. The van der Waals surface area contributed by atoms with E-state index in [1.165, 1.54) is 0 Å². The predicted octanol–water partition coefficient (Wildman–Crippen LogP) is 0.346. The van der Waals surface area contributed by atoms with Crippen molar-refractivity contribution in [3.8, 4) is 11.8 Å². The minimum absolute atomic E-state index is 0.0682. The van der Waals surface area contributed by atoms with Crippen LogP contribution in [0.5, 0.6) is 0 Å². The first kappa shape index (κ1) is 14.8. The van der Waals surface area contributed by atoms with E-state index in [2.05, 4.69) is 21.5 Å². The molecule has 1 fully saturated rings. The molecule has 108 valence electrons. The zero-order valence-electron chi connectivity index (χ0n) is 10.9. The summed E-state index contributed by atoms with van der Waals surface area (Å²) in [6.07, 6.45) is 1.41. The van der Waals surface area contributed by atoms with E-state index in [1.54, 1.807) is 18.2 Å². The molecule has 0 bridgehead atoms. The third-order valence-corrected chi connectivity index (χ3v) is 4.06. The molecule has 1 aromatic rings. The van der Waals surface area contributed by atoms with Gasteiger partial charge in [-0.2, -0.15) is 0 Å². The van der Waals surface area contributed by atoms with Crippen molar-refractivity contribution in [1.29, 1.82) is 0 Å². The molecular weight excluding hydrogens is 280 g/mol. The molecule has 0 aliphatic carbocycles. The van der Waals surface area contributed by atoms with E-state index in [0.717, 1.165) is 12.8 Å². The van der Waals surface area contributed by atoms with Crippen molar-refractivity contribution in [2.75, 3.05) is 23.7 Å². The Labute approximate surface area is 118 Å². The number of nitrogens with zero attached hydrogens (tertiary/aromatic N) is 1. The molecule has 6 nitrogen and oxygen atoms in total. The number of aliphatic hydroxyl groups excluding tert-OH is 1. The predicted molar refractivity (Wildman–Crippen MR) is 74.6 cm³/mol. The van der Waals surface area contributed by atoms with E-state index >= 15 is 0 Å². The number of ether oxygens (including phenoxy) is 1. The zero-order valence-corrected chi connectivity index (χ0v) is 11.7. The molecule has 20 heavy (non-hydrogen) atoms. The van der Waals surface area contributed by atoms with Gasteiger partial charge in [0, 0.05) is 6.61 Å². The summed E-state index contributed by atoms with van der Waals surface area (Å²) in [5.41, 5.74) is 0.399. The third-order valence-electron chi connectivity index (χ3n) is 2.73. The Morgan fingerprint density at radius 2 is 2.35 bits per heavy atom. The van der Waals surface area contributed by atoms with Crippen LogP contribution >= 0.6 is 0 Å². The zero-order chi connectivity index (χ0) is 14.4. The van der Waals surface area contributed by atoms with Gasteiger partial charge in [0.1, 0.15) is 18.1 Å². The molecule has 1 aliphatic heterocycles. The molecule has 0 radical (unpaired) electrons. The number of sulfonamides is 1. The van der Waals surface area contributed by atoms with E-state index < -0.39 is 10.0 Å². The van der Waals surface area contributed by atoms with Gasteiger partial charge in [0.2, 0.25) is 10.0 Å². The van der Waals surface area contributed by atoms with Gasteiger partial charge in [-0.05, 0) is 30.9 Å². The Morgan fingerprint density at radius 1 is 1.50 bits per heavy atom. The minimum atomic E-state index is -3.49. The number of anilines is 1. The summed E-state index contributed by atoms with van der Waals surface area (Å²) in [5, 5.41) is 8.62. The standard InChI is InChI=1S/C13H16N2O4S/c16-8-2-5-11-4-1-7-13(14-11)15-20(17,18)10-12-6-3-9-19-12/h1,4,7,12,16H,3,6,8-10H2,(H,14,15). The summed E-state index contributed by atoms with van der Waals surface area (Å²) < 4.78 is 31.7. The van der Waals surface area contributed by atoms with Gasteiger partial charge in [0.05, 0.1) is 11.9 Å². The lowest BCUT2D eigenvalue weighted by molar-refractivity contribution is 0.127. The van der Waals surface area contributed by atoms with E-state index in [4.69, 9.17) is 9.84 Å². The molecular formula is C13H16N2O4S. The van der Waals surface area contributed by atoms with Crippen LogP contribution < -0.4 is 4.72 Å². The molecule has 1 aromatic heterocycles. The molecule has 1 atom stereocenters. The lowest BCUT2D eigenvalue weighted by Gasteiger charge is -2.11. The molecule has 7 heteroatoms. The fourth-order valence-corrected chi connectivity index (χ4v) is 3.18. The molecule has 2 heterocycles. The topological polar surface area (TPSA) is 88.5 Å². The Bertz CT molecular complexity index is 613. The third kappa shape index (κ3) is 4.49. The Balaban J connectivity index is 2.04. The maximum absolute atomic E-state index is 12.0. The highest BCUT2D eigenvalue weighted by Gasteiger charge is 2.23. The van der Waals surface area contributed by atoms with Crippen LogP contribution in [0.4, 0.5) is 5.82 Å². The number of rotatable bonds is 4. The van der Waals surface area contributed by atoms with E-state index in [9.17, 15) is 8.42 Å². The molecule has 0 aromatic carbocycles. The summed E-state index contributed by atoms with van der Waals surface area (Å²) in [6, 6.07) is 4.84. The highest BCUT2D eigenvalue weighted by molar-refractivity contribution is 7.92. The van der Waals surface area contributed by atoms with Gasteiger partial charge >= 0.3 is 0 Å². The van der Waals surface area contributed by atoms with Gasteiger partial charge in [-0.15, -0.1) is 0 Å². The second-order valence-corrected chi connectivity index (χ2v) is 6.15. The van der Waals surface area contributed by atoms with Gasteiger partial charge in [0.25, 0.3) is 0 Å². The van der Waals surface area contributed by atoms with Gasteiger partial charge in [-0.3, -0.25) is 4.72 Å². The normalized spacial score (nSPS) is 18.4. The van der Waals surface area contributed by atoms with Crippen molar-refractivity contribution in [2.24, 2.45) is 0 Å². The number of hydrogen-bond acceptors (Lipinski definition) is 5. The van der Waals surface area contributed by atoms with Crippen molar-refractivity contribution < 1.29 is 18.3 Å². The quantitative estimate of drug-likeness (QED) is 0.783. The average molecular weight is 296 g/mol. The first-order valence-electron chi connectivity index (χ1n) is 6.28. The van der Waals surface area contributed by atoms with Crippen molar-refractivity contribution in [3.05, 3.63) is 23.9 Å². The lowest BCUT2D eigenvalue weighted by Crippen LogP contribution is -2.26. The van der Waals surface area contributed by atoms with E-state index in [1.807, 2.05) is 0 Å². The van der Waals surface area contributed by atoms with Gasteiger partial charge < -0.3 is 9.84 Å². The Morgan fingerprint density at radius 3 is 3.05 bits per heavy atom.